The average Bonchev–Trinajstić information content (AvgIpc) is 2.20. The lowest BCUT2D eigenvalue weighted by Gasteiger charge is -2.19. The Morgan fingerprint density at radius 1 is 1.07 bits per heavy atom. The second-order valence-corrected chi connectivity index (χ2v) is 14.4. The molecule has 0 unspecified atom stereocenters. The Morgan fingerprint density at radius 2 is 1.57 bits per heavy atom. The van der Waals surface area contributed by atoms with Crippen molar-refractivity contribution >= 4 is 44.3 Å². The summed E-state index contributed by atoms with van der Waals surface area (Å²) in [5.74, 6) is 2.22. The summed E-state index contributed by atoms with van der Waals surface area (Å²) in [6.45, 7) is 4.37. The first-order valence-corrected chi connectivity index (χ1v) is 10.7. The Labute approximate surface area is 99.8 Å². The predicted molar refractivity (Wildman–Crippen MR) is 76.6 cm³/mol. The van der Waals surface area contributed by atoms with Gasteiger partial charge in [-0.2, -0.15) is 0 Å². The molecule has 1 rings (SSSR count). The first-order valence-electron chi connectivity index (χ1n) is 4.67. The fourth-order valence-electron chi connectivity index (χ4n) is 1.14. The van der Waals surface area contributed by atoms with Gasteiger partial charge in [-0.25, -0.2) is 0 Å². The van der Waals surface area contributed by atoms with Crippen LogP contribution in [0.2, 0.25) is 0 Å². The summed E-state index contributed by atoms with van der Waals surface area (Å²) in [5, 5.41) is 1.36. The maximum absolute atomic E-state index is 5.80. The van der Waals surface area contributed by atoms with Crippen molar-refractivity contribution in [3.63, 3.8) is 0 Å². The molecule has 0 aromatic heterocycles. The summed E-state index contributed by atoms with van der Waals surface area (Å²) < 4.78 is -1.41. The van der Waals surface area contributed by atoms with Gasteiger partial charge in [0.15, 0.2) is 0 Å². The Bertz CT molecular complexity index is 300. The van der Waals surface area contributed by atoms with Crippen LogP contribution >= 0.6 is 27.2 Å². The molecule has 1 aromatic rings. The topological polar surface area (TPSA) is 0 Å². The third-order valence-corrected chi connectivity index (χ3v) is 13.1. The Hall–Kier alpha value is 0.570. The van der Waals surface area contributed by atoms with E-state index in [0.29, 0.717) is 0 Å². The van der Waals surface area contributed by atoms with Crippen molar-refractivity contribution in [2.75, 3.05) is 11.5 Å². The molecule has 0 aliphatic carbocycles. The highest BCUT2D eigenvalue weighted by Gasteiger charge is 2.18. The lowest BCUT2D eigenvalue weighted by molar-refractivity contribution is 1.54. The van der Waals surface area contributed by atoms with Crippen LogP contribution in [0, 0.1) is 0 Å². The van der Waals surface area contributed by atoms with Crippen molar-refractivity contribution in [3.05, 3.63) is 30.3 Å². The van der Waals surface area contributed by atoms with Gasteiger partial charge >= 0.3 is 0 Å². The quantitative estimate of drug-likeness (QED) is 0.732. The first kappa shape index (κ1) is 12.6. The molecule has 0 saturated carbocycles. The predicted octanol–water partition coefficient (Wildman–Crippen LogP) is 4.13. The van der Waals surface area contributed by atoms with Crippen molar-refractivity contribution in [1.29, 1.82) is 0 Å². The molecule has 0 N–H and O–H groups in total. The first-order chi connectivity index (χ1) is 6.73. The molecular formula is C10H15PS3. The molecule has 78 valence electrons. The lowest BCUT2D eigenvalue weighted by atomic mass is 10.4. The molecule has 0 spiro atoms. The monoisotopic (exact) mass is 262 g/mol. The fourth-order valence-corrected chi connectivity index (χ4v) is 11.4. The van der Waals surface area contributed by atoms with Gasteiger partial charge in [-0.05, 0) is 11.5 Å². The summed E-state index contributed by atoms with van der Waals surface area (Å²) in [4.78, 5) is 0. The summed E-state index contributed by atoms with van der Waals surface area (Å²) in [7, 11) is 0. The molecule has 0 heterocycles. The summed E-state index contributed by atoms with van der Waals surface area (Å²) in [6, 6.07) is 10.6. The van der Waals surface area contributed by atoms with E-state index in [0.717, 1.165) is 11.5 Å². The van der Waals surface area contributed by atoms with Crippen LogP contribution in [0.4, 0.5) is 0 Å². The zero-order valence-electron chi connectivity index (χ0n) is 8.47. The number of hydrogen-bond acceptors (Lipinski definition) is 3. The summed E-state index contributed by atoms with van der Waals surface area (Å²) in [5.41, 5.74) is 0. The number of benzene rings is 1. The van der Waals surface area contributed by atoms with E-state index in [2.05, 4.69) is 44.2 Å². The molecule has 0 radical (unpaired) electrons. The van der Waals surface area contributed by atoms with Crippen molar-refractivity contribution in [3.8, 4) is 0 Å². The lowest BCUT2D eigenvalue weighted by Crippen LogP contribution is -1.98. The zero-order chi connectivity index (χ0) is 10.4. The van der Waals surface area contributed by atoms with Crippen molar-refractivity contribution in [1.82, 2.24) is 0 Å². The van der Waals surface area contributed by atoms with Gasteiger partial charge in [-0.15, -0.1) is 22.8 Å². The minimum atomic E-state index is -1.41. The third-order valence-electron chi connectivity index (χ3n) is 1.67. The van der Waals surface area contributed by atoms with Crippen LogP contribution in [-0.2, 0) is 11.8 Å². The van der Waals surface area contributed by atoms with Crippen LogP contribution in [0.3, 0.4) is 0 Å². The van der Waals surface area contributed by atoms with Gasteiger partial charge in [0, 0.05) is 5.30 Å². The van der Waals surface area contributed by atoms with Crippen molar-refractivity contribution < 1.29 is 0 Å². The van der Waals surface area contributed by atoms with Crippen LogP contribution in [0.5, 0.6) is 0 Å². The van der Waals surface area contributed by atoms with E-state index in [9.17, 15) is 0 Å². The van der Waals surface area contributed by atoms with Crippen molar-refractivity contribution in [2.45, 2.75) is 13.8 Å². The van der Waals surface area contributed by atoms with Crippen LogP contribution in [0.1, 0.15) is 13.8 Å². The summed E-state index contributed by atoms with van der Waals surface area (Å²) >= 11 is 9.69. The molecule has 1 aromatic carbocycles. The average molecular weight is 262 g/mol. The highest BCUT2D eigenvalue weighted by atomic mass is 33.2. The highest BCUT2D eigenvalue weighted by Crippen LogP contribution is 2.67. The Balaban J connectivity index is 2.94. The van der Waals surface area contributed by atoms with E-state index < -0.39 is 4.44 Å². The Kier molecular flexibility index (Phi) is 5.61. The fraction of sp³-hybridized carbons (Fsp3) is 0.400. The molecule has 0 aliphatic rings. The van der Waals surface area contributed by atoms with Crippen LogP contribution in [0.25, 0.3) is 0 Å². The van der Waals surface area contributed by atoms with Gasteiger partial charge in [-0.1, -0.05) is 56.0 Å². The van der Waals surface area contributed by atoms with E-state index in [1.54, 1.807) is 0 Å². The van der Waals surface area contributed by atoms with Crippen LogP contribution in [-0.4, -0.2) is 11.5 Å². The molecular weight excluding hydrogens is 247 g/mol. The summed E-state index contributed by atoms with van der Waals surface area (Å²) in [6.07, 6.45) is 0. The molecule has 14 heavy (non-hydrogen) atoms. The molecule has 0 bridgehead atoms. The van der Waals surface area contributed by atoms with E-state index >= 15 is 0 Å². The standard InChI is InChI=1S/C10H15PS3/c1-3-13-11(12,14-4-2)10-8-6-5-7-9-10/h5-9H,3-4H2,1-2H3. The maximum Gasteiger partial charge on any atom is 0.0849 e. The van der Waals surface area contributed by atoms with Crippen LogP contribution in [0.15, 0.2) is 30.3 Å². The molecule has 0 fully saturated rings. The van der Waals surface area contributed by atoms with Gasteiger partial charge in [0.05, 0.1) is 4.44 Å². The molecule has 0 saturated heterocycles. The van der Waals surface area contributed by atoms with E-state index in [4.69, 9.17) is 11.8 Å². The number of rotatable bonds is 5. The van der Waals surface area contributed by atoms with Gasteiger partial charge in [0.25, 0.3) is 0 Å². The van der Waals surface area contributed by atoms with E-state index in [-0.39, 0.29) is 0 Å². The van der Waals surface area contributed by atoms with E-state index in [1.807, 2.05) is 22.8 Å². The largest absolute Gasteiger partial charge is 0.110 e. The Morgan fingerprint density at radius 3 is 2.00 bits per heavy atom. The van der Waals surface area contributed by atoms with Crippen molar-refractivity contribution in [2.24, 2.45) is 0 Å². The second kappa shape index (κ2) is 6.22. The van der Waals surface area contributed by atoms with Gasteiger partial charge in [-0.3, -0.25) is 0 Å². The molecule has 0 atom stereocenters. The SMILES string of the molecule is CCSP(=S)(SCC)c1ccccc1. The minimum Gasteiger partial charge on any atom is -0.110 e. The molecule has 0 nitrogen and oxygen atoms in total. The van der Waals surface area contributed by atoms with Gasteiger partial charge in [0.1, 0.15) is 0 Å². The van der Waals surface area contributed by atoms with Gasteiger partial charge < -0.3 is 0 Å². The molecule has 4 heteroatoms. The van der Waals surface area contributed by atoms with Gasteiger partial charge in [0.2, 0.25) is 0 Å². The van der Waals surface area contributed by atoms with Crippen LogP contribution < -0.4 is 5.30 Å². The highest BCUT2D eigenvalue weighted by molar-refractivity contribution is 9.02. The smallest absolute Gasteiger partial charge is 0.0849 e. The maximum atomic E-state index is 5.80. The number of hydrogen-bond donors (Lipinski definition) is 0. The molecule has 0 amide bonds. The normalized spacial score (nSPS) is 11.6. The third kappa shape index (κ3) is 3.30. The minimum absolute atomic E-state index is 1.11. The molecule has 0 aliphatic heterocycles. The second-order valence-electron chi connectivity index (χ2n) is 2.67. The zero-order valence-corrected chi connectivity index (χ0v) is 11.8. The van der Waals surface area contributed by atoms with E-state index in [1.165, 1.54) is 5.30 Å².